The van der Waals surface area contributed by atoms with Gasteiger partial charge >= 0.3 is 5.97 Å². The number of hydrogen-bond acceptors (Lipinski definition) is 4. The molecular weight excluding hydrogens is 162 g/mol. The number of methoxy groups -OCH3 is 1. The van der Waals surface area contributed by atoms with E-state index < -0.39 is 0 Å². The number of esters is 1. The molecule has 0 bridgehead atoms. The second kappa shape index (κ2) is 3.39. The molecule has 1 heterocycles. The smallest absolute Gasteiger partial charge is 0.339 e. The third kappa shape index (κ3) is 1.94. The zero-order valence-corrected chi connectivity index (χ0v) is 6.84. The van der Waals surface area contributed by atoms with E-state index >= 15 is 0 Å². The number of carbonyl (C=O) groups excluding carboxylic acids is 1. The molecule has 0 unspecified atom stereocenters. The van der Waals surface area contributed by atoms with E-state index in [-0.39, 0.29) is 5.97 Å². The Bertz CT molecular complexity index is 258. The van der Waals surface area contributed by atoms with E-state index in [1.165, 1.54) is 13.3 Å². The zero-order valence-electron chi connectivity index (χ0n) is 5.94. The average molecular weight is 169 g/mol. The minimum absolute atomic E-state index is 0.383. The molecule has 0 aromatic carbocycles. The molecule has 0 saturated heterocycles. The van der Waals surface area contributed by atoms with Crippen molar-refractivity contribution in [3.05, 3.63) is 23.9 Å². The van der Waals surface area contributed by atoms with Gasteiger partial charge in [0, 0.05) is 6.20 Å². The third-order valence-corrected chi connectivity index (χ3v) is 1.43. The maximum atomic E-state index is 10.8. The van der Waals surface area contributed by atoms with E-state index in [9.17, 15) is 4.79 Å². The number of pyridine rings is 1. The predicted octanol–water partition coefficient (Wildman–Crippen LogP) is 1.16. The van der Waals surface area contributed by atoms with Crippen LogP contribution in [-0.4, -0.2) is 18.1 Å². The van der Waals surface area contributed by atoms with Crippen molar-refractivity contribution in [2.24, 2.45) is 0 Å². The molecule has 0 N–H and O–H groups in total. The van der Waals surface area contributed by atoms with Gasteiger partial charge in [0.1, 0.15) is 0 Å². The highest BCUT2D eigenvalue weighted by Crippen LogP contribution is 2.03. The van der Waals surface area contributed by atoms with Crippen LogP contribution in [0.1, 0.15) is 10.4 Å². The topological polar surface area (TPSA) is 39.2 Å². The molecule has 1 aromatic heterocycles. The zero-order chi connectivity index (χ0) is 8.27. The van der Waals surface area contributed by atoms with E-state index in [1.54, 1.807) is 12.1 Å². The number of aromatic nitrogens is 1. The first kappa shape index (κ1) is 8.07. The summed E-state index contributed by atoms with van der Waals surface area (Å²) < 4.78 is 4.47. The highest BCUT2D eigenvalue weighted by atomic mass is 32.1. The van der Waals surface area contributed by atoms with Crippen LogP contribution in [0.4, 0.5) is 0 Å². The van der Waals surface area contributed by atoms with Crippen LogP contribution in [0.2, 0.25) is 0 Å². The summed E-state index contributed by atoms with van der Waals surface area (Å²) in [6, 6.07) is 3.25. The highest BCUT2D eigenvalue weighted by Gasteiger charge is 2.03. The normalized spacial score (nSPS) is 9.27. The number of rotatable bonds is 1. The third-order valence-electron chi connectivity index (χ3n) is 1.17. The van der Waals surface area contributed by atoms with Gasteiger partial charge < -0.3 is 4.74 Å². The van der Waals surface area contributed by atoms with Gasteiger partial charge in [0.2, 0.25) is 0 Å². The Labute approximate surface area is 69.8 Å². The Morgan fingerprint density at radius 2 is 2.36 bits per heavy atom. The van der Waals surface area contributed by atoms with E-state index in [4.69, 9.17) is 0 Å². The lowest BCUT2D eigenvalue weighted by Gasteiger charge is -1.96. The standard InChI is InChI=1S/C7H7NO2S/c1-10-7(9)5-2-3-6(11)8-4-5/h2-4H,1H3,(H,8,11). The van der Waals surface area contributed by atoms with Crippen molar-refractivity contribution in [1.82, 2.24) is 4.98 Å². The molecule has 0 radical (unpaired) electrons. The Morgan fingerprint density at radius 1 is 1.64 bits per heavy atom. The second-order valence-electron chi connectivity index (χ2n) is 1.90. The van der Waals surface area contributed by atoms with Gasteiger partial charge in [-0.05, 0) is 12.1 Å². The summed E-state index contributed by atoms with van der Waals surface area (Å²) >= 11 is 3.97. The molecule has 0 fully saturated rings. The van der Waals surface area contributed by atoms with E-state index in [2.05, 4.69) is 22.3 Å². The molecule has 1 rings (SSSR count). The summed E-state index contributed by atoms with van der Waals surface area (Å²) in [7, 11) is 1.33. The van der Waals surface area contributed by atoms with Crippen molar-refractivity contribution in [3.8, 4) is 0 Å². The summed E-state index contributed by atoms with van der Waals surface area (Å²) in [5.74, 6) is -0.383. The minimum atomic E-state index is -0.383. The van der Waals surface area contributed by atoms with Crippen molar-refractivity contribution in [2.45, 2.75) is 5.03 Å². The molecular formula is C7H7NO2S. The first-order valence-corrected chi connectivity index (χ1v) is 3.42. The lowest BCUT2D eigenvalue weighted by Crippen LogP contribution is -2.00. The molecule has 58 valence electrons. The molecule has 0 amide bonds. The summed E-state index contributed by atoms with van der Waals surface area (Å²) in [6.45, 7) is 0. The molecule has 0 aliphatic rings. The average Bonchev–Trinajstić information content (AvgIpc) is 2.05. The van der Waals surface area contributed by atoms with Crippen LogP contribution < -0.4 is 0 Å². The summed E-state index contributed by atoms with van der Waals surface area (Å²) in [6.07, 6.45) is 1.42. The maximum Gasteiger partial charge on any atom is 0.339 e. The summed E-state index contributed by atoms with van der Waals surface area (Å²) in [5, 5.41) is 0.581. The van der Waals surface area contributed by atoms with Gasteiger partial charge in [-0.25, -0.2) is 9.78 Å². The highest BCUT2D eigenvalue weighted by molar-refractivity contribution is 7.80. The van der Waals surface area contributed by atoms with Gasteiger partial charge in [-0.1, -0.05) is 0 Å². The fourth-order valence-electron chi connectivity index (χ4n) is 0.625. The Morgan fingerprint density at radius 3 is 2.82 bits per heavy atom. The van der Waals surface area contributed by atoms with Crippen LogP contribution in [0.3, 0.4) is 0 Å². The van der Waals surface area contributed by atoms with Gasteiger partial charge in [-0.3, -0.25) is 0 Å². The SMILES string of the molecule is COC(=O)c1ccc(S)nc1. The Kier molecular flexibility index (Phi) is 2.48. The fourth-order valence-corrected chi connectivity index (χ4v) is 0.757. The Hall–Kier alpha value is -1.03. The molecule has 11 heavy (non-hydrogen) atoms. The molecule has 0 saturated carbocycles. The van der Waals surface area contributed by atoms with Gasteiger partial charge in [0.25, 0.3) is 0 Å². The molecule has 3 nitrogen and oxygen atoms in total. The molecule has 1 aromatic rings. The second-order valence-corrected chi connectivity index (χ2v) is 2.35. The number of hydrogen-bond donors (Lipinski definition) is 1. The first-order valence-electron chi connectivity index (χ1n) is 2.97. The minimum Gasteiger partial charge on any atom is -0.465 e. The van der Waals surface area contributed by atoms with Crippen LogP contribution in [0, 0.1) is 0 Å². The molecule has 4 heteroatoms. The predicted molar refractivity (Wildman–Crippen MR) is 42.8 cm³/mol. The van der Waals surface area contributed by atoms with Crippen LogP contribution in [0.25, 0.3) is 0 Å². The largest absolute Gasteiger partial charge is 0.465 e. The van der Waals surface area contributed by atoms with Crippen molar-refractivity contribution in [2.75, 3.05) is 7.11 Å². The van der Waals surface area contributed by atoms with E-state index in [1.807, 2.05) is 0 Å². The summed E-state index contributed by atoms with van der Waals surface area (Å²) in [5.41, 5.74) is 0.435. The number of carbonyl (C=O) groups is 1. The van der Waals surface area contributed by atoms with Gasteiger partial charge in [-0.2, -0.15) is 0 Å². The maximum absolute atomic E-state index is 10.8. The fraction of sp³-hybridized carbons (Fsp3) is 0.143. The lowest BCUT2D eigenvalue weighted by atomic mass is 10.3. The van der Waals surface area contributed by atoms with Crippen LogP contribution in [0.15, 0.2) is 23.4 Å². The Balaban J connectivity index is 2.90. The van der Waals surface area contributed by atoms with Crippen molar-refractivity contribution >= 4 is 18.6 Å². The molecule has 0 aliphatic heterocycles. The molecule has 0 atom stereocenters. The van der Waals surface area contributed by atoms with Crippen LogP contribution in [0.5, 0.6) is 0 Å². The van der Waals surface area contributed by atoms with Crippen LogP contribution >= 0.6 is 12.6 Å². The van der Waals surface area contributed by atoms with Gasteiger partial charge in [-0.15, -0.1) is 12.6 Å². The van der Waals surface area contributed by atoms with E-state index in [0.717, 1.165) is 0 Å². The number of thiol groups is 1. The molecule has 0 aliphatic carbocycles. The van der Waals surface area contributed by atoms with E-state index in [0.29, 0.717) is 10.6 Å². The van der Waals surface area contributed by atoms with Gasteiger partial charge in [0.15, 0.2) is 0 Å². The van der Waals surface area contributed by atoms with Crippen LogP contribution in [-0.2, 0) is 4.74 Å². The lowest BCUT2D eigenvalue weighted by molar-refractivity contribution is 0.0600. The van der Waals surface area contributed by atoms with Gasteiger partial charge in [0.05, 0.1) is 17.7 Å². The number of nitrogens with zero attached hydrogens (tertiary/aromatic N) is 1. The first-order chi connectivity index (χ1) is 5.24. The molecule has 0 spiro atoms. The van der Waals surface area contributed by atoms with Crippen molar-refractivity contribution in [3.63, 3.8) is 0 Å². The monoisotopic (exact) mass is 169 g/mol. The number of ether oxygens (including phenoxy) is 1. The van der Waals surface area contributed by atoms with Crippen molar-refractivity contribution < 1.29 is 9.53 Å². The quantitative estimate of drug-likeness (QED) is 0.506. The van der Waals surface area contributed by atoms with Crippen molar-refractivity contribution in [1.29, 1.82) is 0 Å². The summed E-state index contributed by atoms with van der Waals surface area (Å²) in [4.78, 5) is 14.6.